The number of piperazine rings is 1. The molecule has 1 aliphatic carbocycles. The third-order valence-electron chi connectivity index (χ3n) is 8.32. The number of hydrogen-bond acceptors (Lipinski definition) is 5. The number of nitrogens with zero attached hydrogens (tertiary/aromatic N) is 4. The molecule has 4 rings (SSSR count). The molecule has 0 aromatic heterocycles. The molecule has 0 bridgehead atoms. The molecule has 0 aromatic carbocycles. The van der Waals surface area contributed by atoms with Crippen molar-refractivity contribution in [2.75, 3.05) is 72.5 Å². The summed E-state index contributed by atoms with van der Waals surface area (Å²) in [5.41, 5.74) is 0. The fraction of sp³-hybridized carbons (Fsp3) is 0.960. The Morgan fingerprint density at radius 2 is 1.48 bits per heavy atom. The zero-order valence-electron chi connectivity index (χ0n) is 20.1. The average molecular weight is 435 g/mol. The maximum Gasteiger partial charge on any atom is 0.225 e. The van der Waals surface area contributed by atoms with Crippen LogP contribution in [0.4, 0.5) is 0 Å². The Kier molecular flexibility index (Phi) is 8.66. The van der Waals surface area contributed by atoms with E-state index in [4.69, 9.17) is 4.74 Å². The van der Waals surface area contributed by atoms with Crippen LogP contribution in [0.5, 0.6) is 0 Å². The number of rotatable bonds is 6. The predicted octanol–water partition coefficient (Wildman–Crippen LogP) is 2.53. The Balaban J connectivity index is 1.13. The average Bonchev–Trinajstić information content (AvgIpc) is 2.81. The summed E-state index contributed by atoms with van der Waals surface area (Å²) in [7, 11) is 2.20. The lowest BCUT2D eigenvalue weighted by Crippen LogP contribution is -2.52. The summed E-state index contributed by atoms with van der Waals surface area (Å²) in [4.78, 5) is 22.9. The van der Waals surface area contributed by atoms with Gasteiger partial charge in [0.15, 0.2) is 0 Å². The first-order valence-corrected chi connectivity index (χ1v) is 13.2. The molecule has 4 aliphatic rings. The summed E-state index contributed by atoms with van der Waals surface area (Å²) in [5.74, 6) is 1.48. The predicted molar refractivity (Wildman–Crippen MR) is 125 cm³/mol. The van der Waals surface area contributed by atoms with E-state index >= 15 is 0 Å². The van der Waals surface area contributed by atoms with Crippen LogP contribution in [-0.2, 0) is 9.53 Å². The van der Waals surface area contributed by atoms with Gasteiger partial charge in [-0.15, -0.1) is 0 Å². The van der Waals surface area contributed by atoms with Crippen LogP contribution in [0.25, 0.3) is 0 Å². The van der Waals surface area contributed by atoms with Crippen molar-refractivity contribution in [1.29, 1.82) is 0 Å². The molecular formula is C25H46N4O2. The van der Waals surface area contributed by atoms with Gasteiger partial charge in [-0.25, -0.2) is 0 Å². The Bertz CT molecular complexity index is 550. The van der Waals surface area contributed by atoms with E-state index in [-0.39, 0.29) is 5.92 Å². The van der Waals surface area contributed by atoms with Gasteiger partial charge in [0.25, 0.3) is 0 Å². The highest BCUT2D eigenvalue weighted by Crippen LogP contribution is 2.30. The second-order valence-corrected chi connectivity index (χ2v) is 10.6. The molecule has 3 saturated heterocycles. The maximum absolute atomic E-state index is 13.1. The second-order valence-electron chi connectivity index (χ2n) is 10.6. The number of amides is 1. The minimum absolute atomic E-state index is 0.236. The van der Waals surface area contributed by atoms with Crippen molar-refractivity contribution in [3.05, 3.63) is 0 Å². The van der Waals surface area contributed by atoms with Crippen LogP contribution in [0, 0.1) is 11.8 Å². The van der Waals surface area contributed by atoms with Gasteiger partial charge in [-0.05, 0) is 77.4 Å². The molecule has 4 fully saturated rings. The SMILES string of the molecule is CCN1CCCC(CN2CCN(C(=O)C3CCC(OC4CCN(C)CC4)CC3)CC2)C1. The quantitative estimate of drug-likeness (QED) is 0.642. The van der Waals surface area contributed by atoms with Crippen LogP contribution >= 0.6 is 0 Å². The molecule has 0 spiro atoms. The maximum atomic E-state index is 13.1. The molecule has 0 N–H and O–H groups in total. The molecule has 1 amide bonds. The number of ether oxygens (including phenoxy) is 1. The Labute approximate surface area is 190 Å². The summed E-state index contributed by atoms with van der Waals surface area (Å²) in [5, 5.41) is 0. The van der Waals surface area contributed by atoms with E-state index in [9.17, 15) is 4.79 Å². The van der Waals surface area contributed by atoms with Gasteiger partial charge in [-0.3, -0.25) is 9.69 Å². The summed E-state index contributed by atoms with van der Waals surface area (Å²) in [6.45, 7) is 13.5. The topological polar surface area (TPSA) is 39.3 Å². The second kappa shape index (κ2) is 11.4. The minimum Gasteiger partial charge on any atom is -0.375 e. The van der Waals surface area contributed by atoms with Crippen molar-refractivity contribution >= 4 is 5.91 Å². The van der Waals surface area contributed by atoms with E-state index in [2.05, 4.69) is 33.6 Å². The van der Waals surface area contributed by atoms with Crippen molar-refractivity contribution in [3.63, 3.8) is 0 Å². The molecule has 178 valence electrons. The lowest BCUT2D eigenvalue weighted by molar-refractivity contribution is -0.140. The molecule has 3 heterocycles. The van der Waals surface area contributed by atoms with E-state index < -0.39 is 0 Å². The van der Waals surface area contributed by atoms with Crippen molar-refractivity contribution in [2.24, 2.45) is 11.8 Å². The van der Waals surface area contributed by atoms with Crippen LogP contribution in [0.1, 0.15) is 58.3 Å². The first-order chi connectivity index (χ1) is 15.1. The van der Waals surface area contributed by atoms with Gasteiger partial charge in [0.1, 0.15) is 0 Å². The normalized spacial score (nSPS) is 33.0. The van der Waals surface area contributed by atoms with E-state index in [0.717, 1.165) is 83.7 Å². The third-order valence-corrected chi connectivity index (χ3v) is 8.32. The van der Waals surface area contributed by atoms with E-state index in [1.54, 1.807) is 0 Å². The Hall–Kier alpha value is -0.690. The van der Waals surface area contributed by atoms with Crippen molar-refractivity contribution in [3.8, 4) is 0 Å². The molecule has 0 radical (unpaired) electrons. The minimum atomic E-state index is 0.236. The molecule has 31 heavy (non-hydrogen) atoms. The Morgan fingerprint density at radius 1 is 0.806 bits per heavy atom. The van der Waals surface area contributed by atoms with Gasteiger partial charge in [-0.1, -0.05) is 6.92 Å². The van der Waals surface area contributed by atoms with Crippen LogP contribution in [0.15, 0.2) is 0 Å². The number of hydrogen-bond donors (Lipinski definition) is 0. The van der Waals surface area contributed by atoms with Crippen LogP contribution < -0.4 is 0 Å². The summed E-state index contributed by atoms with van der Waals surface area (Å²) in [6.07, 6.45) is 10.0. The van der Waals surface area contributed by atoms with Crippen molar-refractivity contribution in [1.82, 2.24) is 19.6 Å². The summed E-state index contributed by atoms with van der Waals surface area (Å²) >= 11 is 0. The van der Waals surface area contributed by atoms with Crippen molar-refractivity contribution in [2.45, 2.75) is 70.5 Å². The van der Waals surface area contributed by atoms with Crippen LogP contribution in [-0.4, -0.2) is 110 Å². The summed E-state index contributed by atoms with van der Waals surface area (Å²) in [6, 6.07) is 0. The summed E-state index contributed by atoms with van der Waals surface area (Å²) < 4.78 is 6.39. The van der Waals surface area contributed by atoms with E-state index in [1.807, 2.05) is 0 Å². The van der Waals surface area contributed by atoms with Gasteiger partial charge < -0.3 is 19.4 Å². The fourth-order valence-electron chi connectivity index (χ4n) is 6.20. The number of likely N-dealkylation sites (tertiary alicyclic amines) is 2. The van der Waals surface area contributed by atoms with Crippen LogP contribution in [0.2, 0.25) is 0 Å². The van der Waals surface area contributed by atoms with Gasteiger partial charge >= 0.3 is 0 Å². The molecule has 1 atom stereocenters. The third kappa shape index (κ3) is 6.66. The molecule has 6 nitrogen and oxygen atoms in total. The monoisotopic (exact) mass is 434 g/mol. The number of piperidine rings is 2. The molecule has 6 heteroatoms. The largest absolute Gasteiger partial charge is 0.375 e. The van der Waals surface area contributed by atoms with Crippen molar-refractivity contribution < 1.29 is 9.53 Å². The lowest BCUT2D eigenvalue weighted by atomic mass is 9.86. The van der Waals surface area contributed by atoms with Gasteiger partial charge in [-0.2, -0.15) is 0 Å². The molecule has 1 unspecified atom stereocenters. The molecule has 0 aromatic rings. The van der Waals surface area contributed by atoms with Gasteiger partial charge in [0.2, 0.25) is 5.91 Å². The first-order valence-electron chi connectivity index (χ1n) is 13.2. The standard InChI is InChI=1S/C25H46N4O2/c1-3-27-12-4-5-21(19-27)20-28-15-17-29(18-16-28)25(30)22-6-8-23(9-7-22)31-24-10-13-26(2)14-11-24/h21-24H,3-20H2,1-2H3. The first kappa shape index (κ1) is 23.5. The highest BCUT2D eigenvalue weighted by molar-refractivity contribution is 5.79. The molecule has 3 aliphatic heterocycles. The molecular weight excluding hydrogens is 388 g/mol. The fourth-order valence-corrected chi connectivity index (χ4v) is 6.20. The lowest BCUT2D eigenvalue weighted by Gasteiger charge is -2.40. The van der Waals surface area contributed by atoms with Gasteiger partial charge in [0, 0.05) is 58.3 Å². The smallest absolute Gasteiger partial charge is 0.225 e. The molecule has 1 saturated carbocycles. The van der Waals surface area contributed by atoms with Crippen LogP contribution in [0.3, 0.4) is 0 Å². The zero-order valence-corrected chi connectivity index (χ0v) is 20.1. The number of carbonyl (C=O) groups excluding carboxylic acids is 1. The van der Waals surface area contributed by atoms with E-state index in [0.29, 0.717) is 18.1 Å². The highest BCUT2D eigenvalue weighted by Gasteiger charge is 2.33. The number of carbonyl (C=O) groups is 1. The highest BCUT2D eigenvalue weighted by atomic mass is 16.5. The van der Waals surface area contributed by atoms with E-state index in [1.165, 1.54) is 39.0 Å². The Morgan fingerprint density at radius 3 is 2.16 bits per heavy atom. The zero-order chi connectivity index (χ0) is 21.6. The van der Waals surface area contributed by atoms with Gasteiger partial charge in [0.05, 0.1) is 12.2 Å².